The van der Waals surface area contributed by atoms with Crippen molar-refractivity contribution in [1.82, 2.24) is 14.8 Å². The van der Waals surface area contributed by atoms with E-state index in [0.29, 0.717) is 12.1 Å². The Kier molecular flexibility index (Phi) is 4.37. The number of phenolic OH excluding ortho intramolecular Hbond substituents is 1. The quantitative estimate of drug-likeness (QED) is 0.533. The Bertz CT molecular complexity index is 831. The van der Waals surface area contributed by atoms with Crippen LogP contribution >= 0.6 is 0 Å². The first-order chi connectivity index (χ1) is 11.6. The van der Waals surface area contributed by atoms with Gasteiger partial charge in [-0.15, -0.1) is 0 Å². The number of hydrogen-bond donors (Lipinski definition) is 2. The summed E-state index contributed by atoms with van der Waals surface area (Å²) in [6, 6.07) is 11.7. The Balaban J connectivity index is 1.67. The third-order valence-electron chi connectivity index (χ3n) is 3.51. The zero-order valence-corrected chi connectivity index (χ0v) is 12.7. The van der Waals surface area contributed by atoms with Gasteiger partial charge in [0, 0.05) is 18.3 Å². The van der Waals surface area contributed by atoms with E-state index in [9.17, 15) is 15.2 Å². The van der Waals surface area contributed by atoms with Gasteiger partial charge in [-0.2, -0.15) is 5.10 Å². The summed E-state index contributed by atoms with van der Waals surface area (Å²) in [4.78, 5) is 14.5. The van der Waals surface area contributed by atoms with Crippen molar-refractivity contribution < 1.29 is 10.0 Å². The van der Waals surface area contributed by atoms with Crippen molar-refractivity contribution in [1.29, 1.82) is 0 Å². The van der Waals surface area contributed by atoms with E-state index in [1.54, 1.807) is 11.0 Å². The topological polar surface area (TPSA) is 106 Å². The number of aromatic hydroxyl groups is 1. The highest BCUT2D eigenvalue weighted by Crippen LogP contribution is 2.24. The maximum atomic E-state index is 11.0. The van der Waals surface area contributed by atoms with Crippen LogP contribution in [0, 0.1) is 10.1 Å². The van der Waals surface area contributed by atoms with E-state index in [0.717, 1.165) is 11.3 Å². The van der Waals surface area contributed by atoms with Crippen molar-refractivity contribution in [2.24, 2.45) is 0 Å². The second kappa shape index (κ2) is 6.78. The zero-order valence-electron chi connectivity index (χ0n) is 12.7. The van der Waals surface area contributed by atoms with Crippen LogP contribution in [0.1, 0.15) is 11.1 Å². The van der Waals surface area contributed by atoms with Gasteiger partial charge in [0.05, 0.1) is 17.0 Å². The van der Waals surface area contributed by atoms with E-state index in [4.69, 9.17) is 0 Å². The fraction of sp³-hybridized carbons (Fsp3) is 0.125. The molecule has 0 atom stereocenters. The van der Waals surface area contributed by atoms with Crippen molar-refractivity contribution in [3.63, 3.8) is 0 Å². The molecule has 8 nitrogen and oxygen atoms in total. The van der Waals surface area contributed by atoms with Crippen LogP contribution in [0.4, 0.5) is 11.4 Å². The van der Waals surface area contributed by atoms with Gasteiger partial charge in [-0.3, -0.25) is 10.1 Å². The molecule has 3 rings (SSSR count). The van der Waals surface area contributed by atoms with Gasteiger partial charge in [0.1, 0.15) is 18.4 Å². The molecule has 2 aromatic carbocycles. The maximum absolute atomic E-state index is 11.0. The zero-order chi connectivity index (χ0) is 16.9. The minimum absolute atomic E-state index is 0.000537. The number of hydrogen-bond acceptors (Lipinski definition) is 6. The summed E-state index contributed by atoms with van der Waals surface area (Å²) in [6.07, 6.45) is 3.13. The Labute approximate surface area is 137 Å². The van der Waals surface area contributed by atoms with Gasteiger partial charge in [-0.25, -0.2) is 9.67 Å². The fourth-order valence-electron chi connectivity index (χ4n) is 2.32. The maximum Gasteiger partial charge on any atom is 0.274 e. The molecular weight excluding hydrogens is 310 g/mol. The lowest BCUT2D eigenvalue weighted by Crippen LogP contribution is -2.04. The van der Waals surface area contributed by atoms with Gasteiger partial charge in [0.25, 0.3) is 5.69 Å². The number of phenols is 1. The Morgan fingerprint density at radius 3 is 2.67 bits per heavy atom. The number of nitrogens with zero attached hydrogens (tertiary/aromatic N) is 4. The average Bonchev–Trinajstić information content (AvgIpc) is 3.07. The molecule has 0 spiro atoms. The lowest BCUT2D eigenvalue weighted by atomic mass is 10.1. The van der Waals surface area contributed by atoms with Crippen LogP contribution in [0.25, 0.3) is 0 Å². The number of nitrogens with one attached hydrogen (secondary N) is 1. The van der Waals surface area contributed by atoms with Crippen molar-refractivity contribution in [3.8, 4) is 5.75 Å². The second-order valence-electron chi connectivity index (χ2n) is 5.21. The van der Waals surface area contributed by atoms with Crippen molar-refractivity contribution in [3.05, 3.63) is 76.4 Å². The van der Waals surface area contributed by atoms with Gasteiger partial charge in [0.2, 0.25) is 0 Å². The predicted molar refractivity (Wildman–Crippen MR) is 87.7 cm³/mol. The molecule has 0 aliphatic rings. The molecule has 3 aromatic rings. The van der Waals surface area contributed by atoms with Gasteiger partial charge in [-0.05, 0) is 29.8 Å². The molecule has 0 aliphatic heterocycles. The number of nitro groups is 1. The Hall–Kier alpha value is -3.42. The van der Waals surface area contributed by atoms with E-state index in [1.807, 2.05) is 24.3 Å². The highest BCUT2D eigenvalue weighted by atomic mass is 16.6. The highest BCUT2D eigenvalue weighted by Gasteiger charge is 2.13. The van der Waals surface area contributed by atoms with E-state index >= 15 is 0 Å². The summed E-state index contributed by atoms with van der Waals surface area (Å²) in [7, 11) is 0. The molecule has 0 saturated heterocycles. The van der Waals surface area contributed by atoms with Crippen LogP contribution in [0.2, 0.25) is 0 Å². The number of benzene rings is 2. The summed E-state index contributed by atoms with van der Waals surface area (Å²) in [5.41, 5.74) is 2.29. The molecule has 0 fully saturated rings. The van der Waals surface area contributed by atoms with Crippen molar-refractivity contribution >= 4 is 11.4 Å². The third-order valence-corrected chi connectivity index (χ3v) is 3.51. The molecule has 2 N–H and O–H groups in total. The molecule has 0 radical (unpaired) electrons. The van der Waals surface area contributed by atoms with E-state index in [1.165, 1.54) is 24.5 Å². The van der Waals surface area contributed by atoms with E-state index in [2.05, 4.69) is 15.4 Å². The number of nitro benzene ring substituents is 1. The normalized spacial score (nSPS) is 10.5. The Morgan fingerprint density at radius 1 is 1.21 bits per heavy atom. The number of aromatic nitrogens is 3. The Morgan fingerprint density at radius 2 is 2.00 bits per heavy atom. The first-order valence-electron chi connectivity index (χ1n) is 7.23. The van der Waals surface area contributed by atoms with Gasteiger partial charge in [0.15, 0.2) is 0 Å². The van der Waals surface area contributed by atoms with Crippen LogP contribution in [-0.4, -0.2) is 24.8 Å². The first kappa shape index (κ1) is 15.5. The molecule has 1 aromatic heterocycles. The number of anilines is 1. The van der Waals surface area contributed by atoms with Crippen LogP contribution < -0.4 is 5.32 Å². The van der Waals surface area contributed by atoms with E-state index in [-0.39, 0.29) is 18.0 Å². The summed E-state index contributed by atoms with van der Waals surface area (Å²) in [5.74, 6) is 0.000537. The molecule has 24 heavy (non-hydrogen) atoms. The summed E-state index contributed by atoms with van der Waals surface area (Å²) in [6.45, 7) is 0.867. The lowest BCUT2D eigenvalue weighted by molar-refractivity contribution is -0.385. The monoisotopic (exact) mass is 325 g/mol. The van der Waals surface area contributed by atoms with Crippen LogP contribution in [-0.2, 0) is 13.1 Å². The lowest BCUT2D eigenvalue weighted by Gasteiger charge is -2.09. The molecule has 1 heterocycles. The van der Waals surface area contributed by atoms with Crippen LogP contribution in [0.5, 0.6) is 5.75 Å². The summed E-state index contributed by atoms with van der Waals surface area (Å²) < 4.78 is 1.72. The summed E-state index contributed by atoms with van der Waals surface area (Å²) in [5, 5.41) is 27.7. The van der Waals surface area contributed by atoms with Crippen LogP contribution in [0.3, 0.4) is 0 Å². The van der Waals surface area contributed by atoms with Crippen LogP contribution in [0.15, 0.2) is 55.1 Å². The minimum Gasteiger partial charge on any atom is -0.508 e. The van der Waals surface area contributed by atoms with Crippen molar-refractivity contribution in [2.45, 2.75) is 13.1 Å². The predicted octanol–water partition coefficient (Wildman–Crippen LogP) is 2.55. The second-order valence-corrected chi connectivity index (χ2v) is 5.21. The standard InChI is InChI=1S/C16H15N5O3/c22-15-5-6-16(21(23)24)13(7-15)8-18-14-3-1-12(2-4-14)9-20-11-17-10-19-20/h1-7,10-11,18,22H,8-9H2. The number of rotatable bonds is 6. The SMILES string of the molecule is O=[N+]([O-])c1ccc(O)cc1CNc1ccc(Cn2cncn2)cc1. The van der Waals surface area contributed by atoms with Crippen molar-refractivity contribution in [2.75, 3.05) is 5.32 Å². The smallest absolute Gasteiger partial charge is 0.274 e. The highest BCUT2D eigenvalue weighted by molar-refractivity contribution is 5.49. The molecule has 0 bridgehead atoms. The summed E-state index contributed by atoms with van der Waals surface area (Å²) >= 11 is 0. The third kappa shape index (κ3) is 3.67. The molecule has 122 valence electrons. The van der Waals surface area contributed by atoms with Gasteiger partial charge >= 0.3 is 0 Å². The molecule has 8 heteroatoms. The van der Waals surface area contributed by atoms with E-state index < -0.39 is 4.92 Å². The fourth-order valence-corrected chi connectivity index (χ4v) is 2.32. The molecule has 0 unspecified atom stereocenters. The minimum atomic E-state index is -0.461. The van der Waals surface area contributed by atoms with Gasteiger partial charge < -0.3 is 10.4 Å². The largest absolute Gasteiger partial charge is 0.508 e. The molecular formula is C16H15N5O3. The molecule has 0 amide bonds. The first-order valence-corrected chi connectivity index (χ1v) is 7.23. The average molecular weight is 325 g/mol. The van der Waals surface area contributed by atoms with Gasteiger partial charge in [-0.1, -0.05) is 12.1 Å². The molecule has 0 aliphatic carbocycles. The molecule has 0 saturated carbocycles.